The molecule has 2 aliphatic rings. The summed E-state index contributed by atoms with van der Waals surface area (Å²) in [5.41, 5.74) is -1.09. The number of hydrogen-bond donors (Lipinski definition) is 2. The average molecular weight is 421 g/mol. The number of carbonyl (C=O) groups excluding carboxylic acids is 3. The maximum Gasteiger partial charge on any atom is 0.332 e. The van der Waals surface area contributed by atoms with Gasteiger partial charge in [-0.05, 0) is 52.4 Å². The minimum Gasteiger partial charge on any atom is -0.464 e. The van der Waals surface area contributed by atoms with Gasteiger partial charge in [-0.15, -0.1) is 6.58 Å². The number of carbonyl (C=O) groups is 3. The molecule has 0 aromatic rings. The van der Waals surface area contributed by atoms with E-state index in [1.807, 2.05) is 13.0 Å². The number of allylic oxidation sites excluding steroid dienone is 2. The average Bonchev–Trinajstić information content (AvgIpc) is 3.30. The fourth-order valence-electron chi connectivity index (χ4n) is 4.32. The Balaban J connectivity index is 2.00. The van der Waals surface area contributed by atoms with Crippen LogP contribution in [0.3, 0.4) is 0 Å². The number of nitrogens with zero attached hydrogens (tertiary/aromatic N) is 1. The van der Waals surface area contributed by atoms with Gasteiger partial charge in [0.25, 0.3) is 0 Å². The zero-order valence-electron chi connectivity index (χ0n) is 18.4. The summed E-state index contributed by atoms with van der Waals surface area (Å²) in [4.78, 5) is 40.1. The highest BCUT2D eigenvalue weighted by atomic mass is 16.5. The Hall–Kier alpha value is -2.15. The van der Waals surface area contributed by atoms with Crippen LogP contribution in [0.5, 0.6) is 0 Å². The third-order valence-corrected chi connectivity index (χ3v) is 6.20. The van der Waals surface area contributed by atoms with Gasteiger partial charge in [0.1, 0.15) is 5.54 Å². The molecule has 0 unspecified atom stereocenters. The van der Waals surface area contributed by atoms with Gasteiger partial charge in [0, 0.05) is 19.5 Å². The van der Waals surface area contributed by atoms with Crippen LogP contribution in [0.15, 0.2) is 24.8 Å². The molecule has 0 heterocycles. The SMILES string of the molecule is C=C[C@@H]1C[C@]1(NC(=O)[C@@H]1C[C@@H](O)C[C@H]1C(=O)N(C)CCCC/C=C/C)C(=O)OCC. The van der Waals surface area contributed by atoms with Crippen molar-refractivity contribution >= 4 is 17.8 Å². The summed E-state index contributed by atoms with van der Waals surface area (Å²) in [5, 5.41) is 13.0. The first-order valence-electron chi connectivity index (χ1n) is 11.0. The molecule has 5 atom stereocenters. The Morgan fingerprint density at radius 1 is 1.27 bits per heavy atom. The molecular weight excluding hydrogens is 384 g/mol. The molecule has 2 saturated carbocycles. The van der Waals surface area contributed by atoms with E-state index in [2.05, 4.69) is 18.0 Å². The molecule has 0 saturated heterocycles. The van der Waals surface area contributed by atoms with Crippen LogP contribution in [-0.4, -0.2) is 59.6 Å². The van der Waals surface area contributed by atoms with Crippen molar-refractivity contribution in [2.75, 3.05) is 20.2 Å². The molecule has 2 N–H and O–H groups in total. The zero-order chi connectivity index (χ0) is 22.3. The first kappa shape index (κ1) is 24.1. The van der Waals surface area contributed by atoms with Crippen LogP contribution in [0.1, 0.15) is 52.4 Å². The van der Waals surface area contributed by atoms with E-state index in [0.717, 1.165) is 19.3 Å². The Labute approximate surface area is 179 Å². The lowest BCUT2D eigenvalue weighted by Crippen LogP contribution is -2.50. The third kappa shape index (κ3) is 5.50. The Bertz CT molecular complexity index is 677. The molecule has 2 fully saturated rings. The number of esters is 1. The lowest BCUT2D eigenvalue weighted by molar-refractivity contribution is -0.150. The highest BCUT2D eigenvalue weighted by Gasteiger charge is 2.62. The van der Waals surface area contributed by atoms with Crippen LogP contribution < -0.4 is 5.32 Å². The maximum atomic E-state index is 13.0. The van der Waals surface area contributed by atoms with Crippen LogP contribution in [0.4, 0.5) is 0 Å². The van der Waals surface area contributed by atoms with E-state index in [9.17, 15) is 19.5 Å². The van der Waals surface area contributed by atoms with Crippen molar-refractivity contribution in [3.8, 4) is 0 Å². The van der Waals surface area contributed by atoms with Gasteiger partial charge in [-0.25, -0.2) is 4.79 Å². The summed E-state index contributed by atoms with van der Waals surface area (Å²) in [6, 6.07) is 0. The van der Waals surface area contributed by atoms with E-state index in [4.69, 9.17) is 4.74 Å². The molecule has 0 spiro atoms. The zero-order valence-corrected chi connectivity index (χ0v) is 18.4. The van der Waals surface area contributed by atoms with Gasteiger partial charge < -0.3 is 20.1 Å². The van der Waals surface area contributed by atoms with Crippen molar-refractivity contribution in [3.05, 3.63) is 24.8 Å². The predicted molar refractivity (Wildman–Crippen MR) is 114 cm³/mol. The van der Waals surface area contributed by atoms with Crippen LogP contribution >= 0.6 is 0 Å². The Kier molecular flexibility index (Phi) is 8.65. The molecule has 2 amide bonds. The monoisotopic (exact) mass is 420 g/mol. The second-order valence-electron chi connectivity index (χ2n) is 8.39. The number of ether oxygens (including phenoxy) is 1. The summed E-state index contributed by atoms with van der Waals surface area (Å²) in [6.45, 7) is 8.27. The number of hydrogen-bond acceptors (Lipinski definition) is 5. The van der Waals surface area contributed by atoms with E-state index >= 15 is 0 Å². The van der Waals surface area contributed by atoms with Gasteiger partial charge in [0.05, 0.1) is 24.5 Å². The van der Waals surface area contributed by atoms with Gasteiger partial charge in [0.15, 0.2) is 0 Å². The molecule has 0 aromatic heterocycles. The number of amides is 2. The van der Waals surface area contributed by atoms with Crippen LogP contribution in [0, 0.1) is 17.8 Å². The smallest absolute Gasteiger partial charge is 0.332 e. The summed E-state index contributed by atoms with van der Waals surface area (Å²) >= 11 is 0. The van der Waals surface area contributed by atoms with Gasteiger partial charge >= 0.3 is 5.97 Å². The molecule has 0 radical (unpaired) electrons. The van der Waals surface area contributed by atoms with Crippen molar-refractivity contribution in [2.45, 2.75) is 64.0 Å². The van der Waals surface area contributed by atoms with Crippen molar-refractivity contribution in [3.63, 3.8) is 0 Å². The Morgan fingerprint density at radius 2 is 1.97 bits per heavy atom. The van der Waals surface area contributed by atoms with E-state index in [1.165, 1.54) is 0 Å². The van der Waals surface area contributed by atoms with Gasteiger partial charge in [-0.3, -0.25) is 9.59 Å². The summed E-state index contributed by atoms with van der Waals surface area (Å²) in [6.07, 6.45) is 8.83. The largest absolute Gasteiger partial charge is 0.464 e. The fraction of sp³-hybridized carbons (Fsp3) is 0.696. The minimum absolute atomic E-state index is 0.126. The van der Waals surface area contributed by atoms with Gasteiger partial charge in [-0.1, -0.05) is 18.2 Å². The quantitative estimate of drug-likeness (QED) is 0.303. The van der Waals surface area contributed by atoms with E-state index in [0.29, 0.717) is 13.0 Å². The van der Waals surface area contributed by atoms with E-state index in [-0.39, 0.29) is 37.2 Å². The number of aliphatic hydroxyl groups excluding tert-OH is 1. The number of unbranched alkanes of at least 4 members (excludes halogenated alkanes) is 2. The summed E-state index contributed by atoms with van der Waals surface area (Å²) < 4.78 is 5.14. The topological polar surface area (TPSA) is 95.9 Å². The standard InChI is InChI=1S/C23H36N2O5/c1-5-8-9-10-11-12-25(4)21(28)19-14-17(26)13-18(19)20(27)24-23(15-16(23)6-2)22(29)30-7-3/h5-6,8,16-19,26H,2,7,9-15H2,1,3-4H3,(H,24,27)/b8-5+/t16-,17-,18-,19-,23-/m1/s1. The number of nitrogens with one attached hydrogen (secondary N) is 1. The lowest BCUT2D eigenvalue weighted by Gasteiger charge is -2.26. The second kappa shape index (κ2) is 10.8. The van der Waals surface area contributed by atoms with Crippen molar-refractivity contribution in [1.82, 2.24) is 10.2 Å². The molecule has 0 aromatic carbocycles. The summed E-state index contributed by atoms with van der Waals surface area (Å²) in [5.74, 6) is -2.39. The first-order valence-corrected chi connectivity index (χ1v) is 11.0. The predicted octanol–water partition coefficient (Wildman–Crippen LogP) is 2.20. The normalized spacial score (nSPS) is 30.1. The second-order valence-corrected chi connectivity index (χ2v) is 8.39. The van der Waals surface area contributed by atoms with Crippen molar-refractivity contribution in [2.24, 2.45) is 17.8 Å². The molecular formula is C23H36N2O5. The molecule has 2 aliphatic carbocycles. The molecule has 168 valence electrons. The van der Waals surface area contributed by atoms with E-state index < -0.39 is 29.4 Å². The molecule has 2 rings (SSSR count). The van der Waals surface area contributed by atoms with Crippen LogP contribution in [0.25, 0.3) is 0 Å². The molecule has 0 bridgehead atoms. The number of rotatable bonds is 11. The van der Waals surface area contributed by atoms with Gasteiger partial charge in [0.2, 0.25) is 11.8 Å². The molecule has 30 heavy (non-hydrogen) atoms. The highest BCUT2D eigenvalue weighted by molar-refractivity contribution is 5.94. The highest BCUT2D eigenvalue weighted by Crippen LogP contribution is 2.46. The fourth-order valence-corrected chi connectivity index (χ4v) is 4.32. The van der Waals surface area contributed by atoms with Crippen LogP contribution in [0.2, 0.25) is 0 Å². The first-order chi connectivity index (χ1) is 14.3. The molecule has 0 aliphatic heterocycles. The maximum absolute atomic E-state index is 13.0. The van der Waals surface area contributed by atoms with E-state index in [1.54, 1.807) is 24.9 Å². The third-order valence-electron chi connectivity index (χ3n) is 6.20. The lowest BCUT2D eigenvalue weighted by atomic mass is 9.93. The van der Waals surface area contributed by atoms with Crippen molar-refractivity contribution < 1.29 is 24.2 Å². The van der Waals surface area contributed by atoms with Gasteiger partial charge in [-0.2, -0.15) is 0 Å². The number of aliphatic hydroxyl groups is 1. The molecule has 7 heteroatoms. The van der Waals surface area contributed by atoms with Crippen LogP contribution in [-0.2, 0) is 19.1 Å². The van der Waals surface area contributed by atoms with Crippen molar-refractivity contribution in [1.29, 1.82) is 0 Å². The Morgan fingerprint density at radius 3 is 2.57 bits per heavy atom. The minimum atomic E-state index is -1.09. The summed E-state index contributed by atoms with van der Waals surface area (Å²) in [7, 11) is 1.74. The molecule has 7 nitrogen and oxygen atoms in total.